The highest BCUT2D eigenvalue weighted by molar-refractivity contribution is 7.14. The van der Waals surface area contributed by atoms with Crippen LogP contribution in [0.5, 0.6) is 0 Å². The zero-order valence-electron chi connectivity index (χ0n) is 11.7. The third kappa shape index (κ3) is 2.42. The lowest BCUT2D eigenvalue weighted by atomic mass is 10.1. The first-order valence-corrected chi connectivity index (χ1v) is 7.58. The molecule has 2 aromatic rings. The van der Waals surface area contributed by atoms with Crippen LogP contribution in [0.2, 0.25) is 0 Å². The molecule has 7 heteroatoms. The van der Waals surface area contributed by atoms with Crippen LogP contribution in [0, 0.1) is 16.5 Å². The second-order valence-corrected chi connectivity index (χ2v) is 5.74. The molecule has 3 rings (SSSR count). The van der Waals surface area contributed by atoms with Gasteiger partial charge in [-0.15, -0.1) is 0 Å². The van der Waals surface area contributed by atoms with Gasteiger partial charge in [0.1, 0.15) is 12.3 Å². The molecule has 112 valence electrons. The van der Waals surface area contributed by atoms with Crippen molar-refractivity contribution in [2.75, 3.05) is 11.5 Å². The average molecular weight is 317 g/mol. The highest BCUT2D eigenvalue weighted by Gasteiger charge is 2.35. The number of hydrogen-bond acceptors (Lipinski definition) is 5. The minimum atomic E-state index is -0.494. The molecule has 0 aliphatic carbocycles. The van der Waals surface area contributed by atoms with Crippen LogP contribution in [0.3, 0.4) is 0 Å². The van der Waals surface area contributed by atoms with Gasteiger partial charge < -0.3 is 4.74 Å². The molecule has 1 aromatic heterocycles. The number of cyclic esters (lactones) is 1. The van der Waals surface area contributed by atoms with E-state index in [1.54, 1.807) is 24.3 Å². The zero-order chi connectivity index (χ0) is 15.7. The van der Waals surface area contributed by atoms with Gasteiger partial charge in [0.05, 0.1) is 17.7 Å². The number of anilines is 1. The molecule has 1 aliphatic rings. The topological polar surface area (TPSA) is 66.2 Å². The molecule has 2 heterocycles. The maximum Gasteiger partial charge on any atom is 0.416 e. The molecular formula is C15H12FN3O2S. The minimum Gasteiger partial charge on any atom is -0.447 e. The van der Waals surface area contributed by atoms with E-state index >= 15 is 0 Å². The fraction of sp³-hybridized carbons (Fsp3) is 0.267. The van der Waals surface area contributed by atoms with E-state index in [9.17, 15) is 9.18 Å². The van der Waals surface area contributed by atoms with Crippen molar-refractivity contribution in [3.05, 3.63) is 35.0 Å². The molecular weight excluding hydrogens is 305 g/mol. The Morgan fingerprint density at radius 3 is 2.86 bits per heavy atom. The Morgan fingerprint density at radius 2 is 2.23 bits per heavy atom. The molecule has 0 spiro atoms. The third-order valence-electron chi connectivity index (χ3n) is 3.50. The van der Waals surface area contributed by atoms with Crippen LogP contribution < -0.4 is 4.90 Å². The maximum atomic E-state index is 14.2. The van der Waals surface area contributed by atoms with Crippen LogP contribution in [-0.4, -0.2) is 23.7 Å². The van der Waals surface area contributed by atoms with E-state index in [0.29, 0.717) is 29.3 Å². The molecule has 1 amide bonds. The Labute approximate surface area is 130 Å². The summed E-state index contributed by atoms with van der Waals surface area (Å²) in [5.74, 6) is 0. The van der Waals surface area contributed by atoms with Crippen molar-refractivity contribution in [1.82, 2.24) is 4.98 Å². The molecule has 22 heavy (non-hydrogen) atoms. The predicted molar refractivity (Wildman–Crippen MR) is 80.1 cm³/mol. The first kappa shape index (κ1) is 14.5. The number of nitrogens with zero attached hydrogens (tertiary/aromatic N) is 3. The van der Waals surface area contributed by atoms with Gasteiger partial charge in [-0.05, 0) is 18.6 Å². The number of carbonyl (C=O) groups excluding carboxylic acids is 1. The van der Waals surface area contributed by atoms with Crippen molar-refractivity contribution in [2.45, 2.75) is 19.4 Å². The van der Waals surface area contributed by atoms with Crippen LogP contribution in [-0.2, 0) is 4.74 Å². The second-order valence-electron chi connectivity index (χ2n) is 4.82. The lowest BCUT2D eigenvalue weighted by molar-refractivity contribution is 0.178. The highest BCUT2D eigenvalue weighted by Crippen LogP contribution is 2.34. The highest BCUT2D eigenvalue weighted by atomic mass is 32.1. The van der Waals surface area contributed by atoms with Gasteiger partial charge in [0, 0.05) is 5.56 Å². The molecule has 0 N–H and O–H groups in total. The van der Waals surface area contributed by atoms with Crippen LogP contribution in [0.4, 0.5) is 14.3 Å². The Bertz CT molecular complexity index is 751. The lowest BCUT2D eigenvalue weighted by Gasteiger charge is -2.16. The Kier molecular flexibility index (Phi) is 3.77. The van der Waals surface area contributed by atoms with Crippen molar-refractivity contribution in [1.29, 1.82) is 5.26 Å². The quantitative estimate of drug-likeness (QED) is 0.868. The average Bonchev–Trinajstić information content (AvgIpc) is 3.09. The van der Waals surface area contributed by atoms with E-state index < -0.39 is 11.2 Å². The van der Waals surface area contributed by atoms with Crippen LogP contribution in [0.25, 0.3) is 11.3 Å². The summed E-state index contributed by atoms with van der Waals surface area (Å²) in [5.41, 5.74) is 1.24. The Hall–Kier alpha value is -2.46. The number of aromatic nitrogens is 1. The number of hydrogen-bond donors (Lipinski definition) is 0. The molecule has 1 atom stereocenters. The molecule has 0 unspecified atom stereocenters. The van der Waals surface area contributed by atoms with Crippen LogP contribution in [0.1, 0.15) is 18.9 Å². The number of benzene rings is 1. The Morgan fingerprint density at radius 1 is 1.50 bits per heavy atom. The molecule has 5 nitrogen and oxygen atoms in total. The summed E-state index contributed by atoms with van der Waals surface area (Å²) < 4.78 is 19.2. The van der Waals surface area contributed by atoms with E-state index in [1.165, 1.54) is 4.90 Å². The van der Waals surface area contributed by atoms with Crippen LogP contribution >= 0.6 is 11.3 Å². The monoisotopic (exact) mass is 317 g/mol. The summed E-state index contributed by atoms with van der Waals surface area (Å²) in [6.07, 6.45) is 0.214. The summed E-state index contributed by atoms with van der Waals surface area (Å²) in [7, 11) is 0. The number of carbonyl (C=O) groups is 1. The van der Waals surface area contributed by atoms with E-state index in [4.69, 9.17) is 10.00 Å². The summed E-state index contributed by atoms with van der Waals surface area (Å²) in [5, 5.41) is 8.62. The van der Waals surface area contributed by atoms with E-state index in [1.807, 2.05) is 13.0 Å². The molecule has 0 saturated carbocycles. The standard InChI is InChI=1S/C15H12FN3O2S/c1-2-11-8-21-15(20)19(11)14-18-12(13(16)22-14)10-5-3-9(7-17)4-6-10/h3-6,11H,2,8H2,1H3/t11-/m0/s1. The van der Waals surface area contributed by atoms with E-state index in [2.05, 4.69) is 4.98 Å². The Balaban J connectivity index is 1.96. The summed E-state index contributed by atoms with van der Waals surface area (Å²) in [6, 6.07) is 8.38. The van der Waals surface area contributed by atoms with Crippen LogP contribution in [0.15, 0.2) is 24.3 Å². The van der Waals surface area contributed by atoms with Gasteiger partial charge in [-0.3, -0.25) is 0 Å². The van der Waals surface area contributed by atoms with E-state index in [-0.39, 0.29) is 11.7 Å². The lowest BCUT2D eigenvalue weighted by Crippen LogP contribution is -2.32. The number of nitriles is 1. The van der Waals surface area contributed by atoms with Crippen molar-refractivity contribution in [3.8, 4) is 17.3 Å². The van der Waals surface area contributed by atoms with Gasteiger partial charge >= 0.3 is 6.09 Å². The summed E-state index contributed by atoms with van der Waals surface area (Å²) in [4.78, 5) is 17.5. The van der Waals surface area contributed by atoms with Gasteiger partial charge in [-0.1, -0.05) is 30.4 Å². The first-order chi connectivity index (χ1) is 10.6. The third-order valence-corrected chi connectivity index (χ3v) is 4.34. The van der Waals surface area contributed by atoms with Gasteiger partial charge in [-0.25, -0.2) is 14.7 Å². The first-order valence-electron chi connectivity index (χ1n) is 6.77. The minimum absolute atomic E-state index is 0.119. The molecule has 1 fully saturated rings. The molecule has 1 saturated heterocycles. The van der Waals surface area contributed by atoms with Crippen molar-refractivity contribution in [3.63, 3.8) is 0 Å². The fourth-order valence-electron chi connectivity index (χ4n) is 2.27. The molecule has 1 aliphatic heterocycles. The summed E-state index contributed by atoms with van der Waals surface area (Å²) >= 11 is 0.822. The van der Waals surface area contributed by atoms with Crippen molar-refractivity contribution >= 4 is 22.6 Å². The normalized spacial score (nSPS) is 17.4. The SMILES string of the molecule is CC[C@H]1COC(=O)N1c1nc(-c2ccc(C#N)cc2)c(F)s1. The van der Waals surface area contributed by atoms with Gasteiger partial charge in [0.15, 0.2) is 5.13 Å². The number of thiazole rings is 1. The smallest absolute Gasteiger partial charge is 0.416 e. The van der Waals surface area contributed by atoms with Gasteiger partial charge in [0.25, 0.3) is 0 Å². The zero-order valence-corrected chi connectivity index (χ0v) is 12.6. The number of amides is 1. The molecule has 1 aromatic carbocycles. The second kappa shape index (κ2) is 5.73. The number of rotatable bonds is 3. The maximum absolute atomic E-state index is 14.2. The summed E-state index contributed by atoms with van der Waals surface area (Å²) in [6.45, 7) is 2.23. The predicted octanol–water partition coefficient (Wildman–Crippen LogP) is 3.56. The molecule has 0 radical (unpaired) electrons. The van der Waals surface area contributed by atoms with Gasteiger partial charge in [-0.2, -0.15) is 9.65 Å². The fourth-order valence-corrected chi connectivity index (χ4v) is 3.15. The van der Waals surface area contributed by atoms with Gasteiger partial charge in [0.2, 0.25) is 5.13 Å². The van der Waals surface area contributed by atoms with E-state index in [0.717, 1.165) is 11.3 Å². The van der Waals surface area contributed by atoms with Crippen molar-refractivity contribution in [2.24, 2.45) is 0 Å². The van der Waals surface area contributed by atoms with Crippen molar-refractivity contribution < 1.29 is 13.9 Å². The number of halogens is 1. The largest absolute Gasteiger partial charge is 0.447 e. The molecule has 0 bridgehead atoms. The number of ether oxygens (including phenoxy) is 1.